The van der Waals surface area contributed by atoms with E-state index in [9.17, 15) is 9.59 Å². The number of thioether (sulfide) groups is 1. The third-order valence-electron chi connectivity index (χ3n) is 2.65. The molecule has 0 aromatic carbocycles. The molecule has 1 amide bonds. The second-order valence-corrected chi connectivity index (χ2v) is 5.07. The van der Waals surface area contributed by atoms with Crippen molar-refractivity contribution in [1.29, 1.82) is 0 Å². The lowest BCUT2D eigenvalue weighted by Gasteiger charge is -2.34. The number of carboxylic acids is 1. The number of aromatic nitrogens is 4. The van der Waals surface area contributed by atoms with Crippen LogP contribution < -0.4 is 0 Å². The van der Waals surface area contributed by atoms with E-state index in [0.717, 1.165) is 5.75 Å². The van der Waals surface area contributed by atoms with Gasteiger partial charge in [-0.05, 0) is 10.4 Å². The highest BCUT2D eigenvalue weighted by atomic mass is 32.2. The average Bonchev–Trinajstić information content (AvgIpc) is 2.81. The van der Waals surface area contributed by atoms with Crippen LogP contribution in [0.25, 0.3) is 0 Å². The second kappa shape index (κ2) is 5.80. The number of carboxylic acid groups (broad SMARTS) is 1. The van der Waals surface area contributed by atoms with Crippen molar-refractivity contribution in [3.8, 4) is 0 Å². The largest absolute Gasteiger partial charge is 0.481 e. The molecule has 1 aromatic heterocycles. The summed E-state index contributed by atoms with van der Waals surface area (Å²) in [6.45, 7) is 0.622. The fourth-order valence-corrected chi connectivity index (χ4v) is 2.90. The number of hydrogen-bond acceptors (Lipinski definition) is 6. The normalized spacial score (nSPS) is 19.8. The van der Waals surface area contributed by atoms with Crippen LogP contribution in [0.1, 0.15) is 6.42 Å². The third-order valence-corrected chi connectivity index (χ3v) is 3.74. The molecule has 0 radical (unpaired) electrons. The van der Waals surface area contributed by atoms with Crippen LogP contribution in [-0.4, -0.2) is 66.2 Å². The molecule has 2 heterocycles. The molecule has 1 N–H and O–H groups in total. The van der Waals surface area contributed by atoms with Gasteiger partial charge in [0.25, 0.3) is 0 Å². The molecular weight excluding hydrogens is 258 g/mol. The van der Waals surface area contributed by atoms with Crippen molar-refractivity contribution < 1.29 is 14.7 Å². The summed E-state index contributed by atoms with van der Waals surface area (Å²) in [6.07, 6.45) is 1.34. The van der Waals surface area contributed by atoms with Crippen molar-refractivity contribution in [2.75, 3.05) is 18.1 Å². The molecule has 1 aliphatic heterocycles. The van der Waals surface area contributed by atoms with Crippen LogP contribution >= 0.6 is 11.8 Å². The number of nitrogens with zero attached hydrogens (tertiary/aromatic N) is 5. The molecular formula is C9H13N5O3S. The lowest BCUT2D eigenvalue weighted by atomic mass is 10.2. The third kappa shape index (κ3) is 3.19. The zero-order chi connectivity index (χ0) is 13.0. The van der Waals surface area contributed by atoms with Gasteiger partial charge in [-0.1, -0.05) is 0 Å². The molecule has 0 aliphatic carbocycles. The van der Waals surface area contributed by atoms with E-state index in [1.165, 1.54) is 11.0 Å². The summed E-state index contributed by atoms with van der Waals surface area (Å²) in [5.41, 5.74) is 0. The van der Waals surface area contributed by atoms with E-state index in [1.54, 1.807) is 16.7 Å². The van der Waals surface area contributed by atoms with Gasteiger partial charge in [-0.3, -0.25) is 9.59 Å². The number of hydrogen-bond donors (Lipinski definition) is 1. The van der Waals surface area contributed by atoms with Crippen LogP contribution in [-0.2, 0) is 16.1 Å². The molecule has 1 aromatic rings. The van der Waals surface area contributed by atoms with Crippen molar-refractivity contribution in [3.63, 3.8) is 0 Å². The number of tetrazole rings is 1. The number of carbonyl (C=O) groups excluding carboxylic acids is 1. The van der Waals surface area contributed by atoms with Crippen LogP contribution in [0.3, 0.4) is 0 Å². The van der Waals surface area contributed by atoms with Crippen molar-refractivity contribution >= 4 is 23.6 Å². The Hall–Kier alpha value is -1.64. The van der Waals surface area contributed by atoms with Crippen molar-refractivity contribution in [2.24, 2.45) is 0 Å². The van der Waals surface area contributed by atoms with E-state index in [-0.39, 0.29) is 24.9 Å². The summed E-state index contributed by atoms with van der Waals surface area (Å²) in [7, 11) is 0. The molecule has 0 bridgehead atoms. The fraction of sp³-hybridized carbons (Fsp3) is 0.667. The Morgan fingerprint density at radius 2 is 2.33 bits per heavy atom. The highest BCUT2D eigenvalue weighted by molar-refractivity contribution is 7.99. The zero-order valence-corrected chi connectivity index (χ0v) is 10.4. The summed E-state index contributed by atoms with van der Waals surface area (Å²) in [6, 6.07) is -0.245. The number of rotatable bonds is 4. The predicted molar refractivity (Wildman–Crippen MR) is 62.9 cm³/mol. The van der Waals surface area contributed by atoms with Gasteiger partial charge in [0.15, 0.2) is 0 Å². The maximum absolute atomic E-state index is 12.1. The predicted octanol–water partition coefficient (Wildman–Crippen LogP) is -0.908. The van der Waals surface area contributed by atoms with E-state index in [0.29, 0.717) is 12.3 Å². The van der Waals surface area contributed by atoms with E-state index in [2.05, 4.69) is 15.5 Å². The Morgan fingerprint density at radius 3 is 3.00 bits per heavy atom. The second-order valence-electron chi connectivity index (χ2n) is 3.92. The Bertz CT molecular complexity index is 424. The van der Waals surface area contributed by atoms with Gasteiger partial charge in [-0.15, -0.1) is 5.10 Å². The molecule has 9 heteroatoms. The maximum Gasteiger partial charge on any atom is 0.305 e. The summed E-state index contributed by atoms with van der Waals surface area (Å²) in [4.78, 5) is 24.4. The first kappa shape index (κ1) is 12.8. The summed E-state index contributed by atoms with van der Waals surface area (Å²) >= 11 is 1.67. The minimum absolute atomic E-state index is 0.0195. The van der Waals surface area contributed by atoms with Gasteiger partial charge in [-0.25, -0.2) is 4.68 Å². The van der Waals surface area contributed by atoms with Crippen LogP contribution in [0.5, 0.6) is 0 Å². The van der Waals surface area contributed by atoms with Crippen molar-refractivity contribution in [2.45, 2.75) is 19.0 Å². The van der Waals surface area contributed by atoms with E-state index in [4.69, 9.17) is 5.11 Å². The zero-order valence-electron chi connectivity index (χ0n) is 9.60. The van der Waals surface area contributed by atoms with Crippen LogP contribution in [0.2, 0.25) is 0 Å². The fourth-order valence-electron chi connectivity index (χ4n) is 1.84. The van der Waals surface area contributed by atoms with Gasteiger partial charge in [-0.2, -0.15) is 11.8 Å². The van der Waals surface area contributed by atoms with Gasteiger partial charge in [0.2, 0.25) is 5.91 Å². The molecule has 0 spiro atoms. The van der Waals surface area contributed by atoms with Gasteiger partial charge < -0.3 is 10.0 Å². The highest BCUT2D eigenvalue weighted by Crippen LogP contribution is 2.19. The monoisotopic (exact) mass is 271 g/mol. The molecule has 1 saturated heterocycles. The lowest BCUT2D eigenvalue weighted by Crippen LogP contribution is -2.48. The summed E-state index contributed by atoms with van der Waals surface area (Å²) in [5, 5.41) is 19.4. The smallest absolute Gasteiger partial charge is 0.305 e. The molecule has 8 nitrogen and oxygen atoms in total. The molecule has 1 unspecified atom stereocenters. The molecule has 98 valence electrons. The quantitative estimate of drug-likeness (QED) is 0.756. The van der Waals surface area contributed by atoms with E-state index < -0.39 is 5.97 Å². The van der Waals surface area contributed by atoms with Crippen LogP contribution in [0.4, 0.5) is 0 Å². The molecule has 18 heavy (non-hydrogen) atoms. The summed E-state index contributed by atoms with van der Waals surface area (Å²) < 4.78 is 1.34. The van der Waals surface area contributed by atoms with Gasteiger partial charge in [0.05, 0.1) is 12.5 Å². The van der Waals surface area contributed by atoms with Crippen molar-refractivity contribution in [1.82, 2.24) is 25.1 Å². The highest BCUT2D eigenvalue weighted by Gasteiger charge is 2.28. The first-order valence-electron chi connectivity index (χ1n) is 5.46. The molecule has 0 saturated carbocycles. The molecule has 1 fully saturated rings. The Kier molecular flexibility index (Phi) is 4.13. The number of carbonyl (C=O) groups is 2. The average molecular weight is 271 g/mol. The standard InChI is InChI=1S/C9H13N5O3S/c15-8(4-13-6-10-11-12-13)14-1-2-18-5-7(14)3-9(16)17/h6-7H,1-5H2,(H,16,17). The Morgan fingerprint density at radius 1 is 1.50 bits per heavy atom. The minimum atomic E-state index is -0.886. The minimum Gasteiger partial charge on any atom is -0.481 e. The van der Waals surface area contributed by atoms with E-state index in [1.807, 2.05) is 0 Å². The number of aliphatic carboxylic acids is 1. The van der Waals surface area contributed by atoms with Gasteiger partial charge in [0.1, 0.15) is 12.9 Å². The topological polar surface area (TPSA) is 101 Å². The van der Waals surface area contributed by atoms with Crippen LogP contribution in [0.15, 0.2) is 6.33 Å². The van der Waals surface area contributed by atoms with Crippen molar-refractivity contribution in [3.05, 3.63) is 6.33 Å². The van der Waals surface area contributed by atoms with Gasteiger partial charge in [0, 0.05) is 18.1 Å². The molecule has 2 rings (SSSR count). The first-order chi connectivity index (χ1) is 8.66. The molecule has 1 atom stereocenters. The summed E-state index contributed by atoms with van der Waals surface area (Å²) in [5.74, 6) is 0.460. The first-order valence-corrected chi connectivity index (χ1v) is 6.62. The number of amides is 1. The van der Waals surface area contributed by atoms with E-state index >= 15 is 0 Å². The molecule has 1 aliphatic rings. The SMILES string of the molecule is O=C(O)CC1CSCCN1C(=O)Cn1cnnn1. The van der Waals surface area contributed by atoms with Gasteiger partial charge >= 0.3 is 5.97 Å². The lowest BCUT2D eigenvalue weighted by molar-refractivity contribution is -0.140. The Labute approximate surface area is 107 Å². The Balaban J connectivity index is 1.99. The maximum atomic E-state index is 12.1. The van der Waals surface area contributed by atoms with Crippen LogP contribution in [0, 0.1) is 0 Å².